The number of carbonyl (C=O) groups is 3. The highest BCUT2D eigenvalue weighted by Crippen LogP contribution is 2.64. The van der Waals surface area contributed by atoms with E-state index in [4.69, 9.17) is 28.4 Å². The zero-order chi connectivity index (χ0) is 70.8. The number of unbranched alkanes of at least 4 members (excludes halogenated alkanes) is 2. The van der Waals surface area contributed by atoms with Crippen molar-refractivity contribution in [2.24, 2.45) is 17.3 Å². The van der Waals surface area contributed by atoms with Gasteiger partial charge in [0, 0.05) is 90.1 Å². The Hall–Kier alpha value is -6.47. The number of nitrogens with zero attached hydrogens (tertiary/aromatic N) is 3. The van der Waals surface area contributed by atoms with Crippen molar-refractivity contribution in [3.05, 3.63) is 131 Å². The van der Waals surface area contributed by atoms with Gasteiger partial charge in [-0.15, -0.1) is 11.8 Å². The molecule has 3 heterocycles. The normalized spacial score (nSPS) is 23.3. The number of fused-ring (bicyclic) bond motifs is 7. The molecule has 3 aliphatic carbocycles. The van der Waals surface area contributed by atoms with Gasteiger partial charge in [-0.25, -0.2) is 8.42 Å². The molecule has 3 fully saturated rings. The van der Waals surface area contributed by atoms with Crippen molar-refractivity contribution in [2.45, 2.75) is 150 Å². The molecule has 4 aromatic carbocycles. The summed E-state index contributed by atoms with van der Waals surface area (Å²) in [5, 5.41) is 24.4. The predicted molar refractivity (Wildman–Crippen MR) is 376 cm³/mol. The van der Waals surface area contributed by atoms with E-state index in [2.05, 4.69) is 30.1 Å². The number of benzene rings is 4. The number of amides is 3. The van der Waals surface area contributed by atoms with Crippen LogP contribution in [-0.4, -0.2) is 185 Å². The second-order valence-corrected chi connectivity index (χ2v) is 31.8. The number of hydrogen-bond acceptors (Lipinski definition) is 18. The third-order valence-electron chi connectivity index (χ3n) is 20.9. The van der Waals surface area contributed by atoms with E-state index in [0.717, 1.165) is 66.0 Å². The summed E-state index contributed by atoms with van der Waals surface area (Å²) in [6, 6.07) is 22.6. The number of thioether (sulfide) groups is 1. The monoisotopic (exact) mass is 1420 g/mol. The molecule has 4 aromatic rings. The third-order valence-corrected chi connectivity index (χ3v) is 23.8. The van der Waals surface area contributed by atoms with E-state index in [-0.39, 0.29) is 58.9 Å². The lowest BCUT2D eigenvalue weighted by molar-refractivity contribution is -0.438. The van der Waals surface area contributed by atoms with Crippen LogP contribution < -0.4 is 15.0 Å². The fourth-order valence-electron chi connectivity index (χ4n) is 15.7. The average molecular weight is 1420 g/mol. The summed E-state index contributed by atoms with van der Waals surface area (Å²) in [6.45, 7) is 17.9. The number of hydrogen-bond donors (Lipinski definition) is 4. The highest BCUT2D eigenvalue weighted by Gasteiger charge is 2.61. The predicted octanol–water partition coefficient (Wildman–Crippen LogP) is 9.52. The average Bonchev–Trinajstić information content (AvgIpc) is 1.62. The SMILES string of the molecule is CCN1/C(=C/C=C/C2=[N+](CCCCCC(=O)NCCN3C(=O)CC(SCCOCCOCCOCCOCCOCCOc4ccc(C#C[C@]5(O)CC[C@H]6[C@@H]7CCc8cc(O)ccc8[C@H]7CC[C@@]65C)cc4)C3=O)c3cc(S(=O)(=O)O)ccc3C2(C)C)C(C)(C)c2ccc(S(=O)(=O)[O-])cc21. The molecule has 3 aliphatic heterocycles. The van der Waals surface area contributed by atoms with Gasteiger partial charge in [-0.1, -0.05) is 50.8 Å². The van der Waals surface area contributed by atoms with E-state index < -0.39 is 41.9 Å². The van der Waals surface area contributed by atoms with Gasteiger partial charge in [0.2, 0.25) is 23.4 Å². The number of allylic oxidation sites excluding steroid dienone is 4. The van der Waals surface area contributed by atoms with Crippen LogP contribution >= 0.6 is 11.8 Å². The van der Waals surface area contributed by atoms with E-state index >= 15 is 0 Å². The molecule has 536 valence electrons. The Labute approximate surface area is 587 Å². The van der Waals surface area contributed by atoms with E-state index in [1.54, 1.807) is 12.1 Å². The van der Waals surface area contributed by atoms with Gasteiger partial charge in [-0.2, -0.15) is 13.0 Å². The summed E-state index contributed by atoms with van der Waals surface area (Å²) in [6.07, 6.45) is 13.7. The van der Waals surface area contributed by atoms with Gasteiger partial charge in [-0.05, 0) is 173 Å². The third kappa shape index (κ3) is 17.5. The highest BCUT2D eigenvalue weighted by atomic mass is 32.2. The number of aryl methyl sites for hydroxylation is 1. The summed E-state index contributed by atoms with van der Waals surface area (Å²) in [5.74, 6) is 8.85. The Morgan fingerprint density at radius 3 is 2.11 bits per heavy atom. The second kappa shape index (κ2) is 32.7. The molecular weight excluding hydrogens is 1330 g/mol. The minimum Gasteiger partial charge on any atom is -0.744 e. The minimum absolute atomic E-state index is 0.0709. The molecule has 0 spiro atoms. The van der Waals surface area contributed by atoms with Crippen LogP contribution in [0.4, 0.5) is 11.4 Å². The van der Waals surface area contributed by atoms with Crippen LogP contribution in [0, 0.1) is 29.1 Å². The second-order valence-electron chi connectivity index (χ2n) is 27.7. The Morgan fingerprint density at radius 2 is 1.43 bits per heavy atom. The molecule has 1 unspecified atom stereocenters. The number of imide groups is 1. The maximum atomic E-state index is 13.2. The van der Waals surface area contributed by atoms with E-state index in [1.165, 1.54) is 52.1 Å². The van der Waals surface area contributed by atoms with Crippen molar-refractivity contribution in [2.75, 3.05) is 110 Å². The van der Waals surface area contributed by atoms with E-state index in [9.17, 15) is 50.5 Å². The van der Waals surface area contributed by atoms with Crippen molar-refractivity contribution in [1.29, 1.82) is 0 Å². The van der Waals surface area contributed by atoms with Crippen LogP contribution in [0.5, 0.6) is 11.5 Å². The first-order valence-corrected chi connectivity index (χ1v) is 38.6. The van der Waals surface area contributed by atoms with E-state index in [1.807, 2.05) is 98.7 Å². The summed E-state index contributed by atoms with van der Waals surface area (Å²) in [4.78, 5) is 41.6. The smallest absolute Gasteiger partial charge is 0.294 e. The van der Waals surface area contributed by atoms with Gasteiger partial charge < -0.3 is 53.4 Å². The van der Waals surface area contributed by atoms with Gasteiger partial charge in [0.1, 0.15) is 45.3 Å². The van der Waals surface area contributed by atoms with Crippen LogP contribution in [-0.2, 0) is 75.6 Å². The molecule has 4 N–H and O–H groups in total. The van der Waals surface area contributed by atoms with Gasteiger partial charge >= 0.3 is 0 Å². The van der Waals surface area contributed by atoms with Gasteiger partial charge in [0.25, 0.3) is 10.1 Å². The summed E-state index contributed by atoms with van der Waals surface area (Å²) < 4.78 is 107. The molecule has 0 bridgehead atoms. The summed E-state index contributed by atoms with van der Waals surface area (Å²) in [5.41, 5.74) is 5.89. The van der Waals surface area contributed by atoms with Crippen LogP contribution in [0.25, 0.3) is 0 Å². The standard InChI is InChI=1S/C75H96N4O17S3/c1-7-77-64-49-56(98(85,86)87)21-25-62(64)72(2,3)67(77)12-11-13-68-73(4,5)63-26-22-57(99(88,89)90)50-65(63)78(68)34-10-8-9-14-69(81)76-33-35-79-70(82)51-66(71(79)83)97-47-46-95-43-42-93-39-38-91-36-37-92-40-41-94-44-45-96-55-19-15-52(16-20-55)27-31-75(84)32-29-61-60-23-17-53-48-54(80)18-24-58(53)59(60)28-30-74(61,75)6/h11-13,15-16,18-22,24-26,48-50,59-61,66,84H,7-10,14,17,23,28-30,32-47,51H2,1-6H3,(H3-,76,80,81,85,86,87,88,89,90)/t59-,60-,61+,66?,74+,75+/m1/s1. The number of phenols is 1. The highest BCUT2D eigenvalue weighted by molar-refractivity contribution is 8.00. The molecule has 0 radical (unpaired) electrons. The molecule has 3 amide bonds. The largest absolute Gasteiger partial charge is 0.744 e. The van der Waals surface area contributed by atoms with E-state index in [0.29, 0.717) is 152 Å². The zero-order valence-electron chi connectivity index (χ0n) is 57.8. The Bertz CT molecular complexity index is 3970. The first-order chi connectivity index (χ1) is 47.2. The molecule has 1 saturated heterocycles. The van der Waals surface area contributed by atoms with Gasteiger partial charge in [0.05, 0.1) is 81.6 Å². The van der Waals surface area contributed by atoms with Gasteiger partial charge in [-0.3, -0.25) is 23.8 Å². The first-order valence-electron chi connectivity index (χ1n) is 34.7. The lowest BCUT2D eigenvalue weighted by atomic mass is 9.53. The number of anilines is 1. The molecule has 99 heavy (non-hydrogen) atoms. The number of aromatic hydroxyl groups is 1. The number of ether oxygens (including phenoxy) is 6. The minimum atomic E-state index is -4.67. The molecule has 6 aliphatic rings. The Morgan fingerprint density at radius 1 is 0.768 bits per heavy atom. The lowest BCUT2D eigenvalue weighted by Gasteiger charge is -2.52. The summed E-state index contributed by atoms with van der Waals surface area (Å²) in [7, 11) is -9.18. The fourth-order valence-corrected chi connectivity index (χ4v) is 17.7. The molecule has 24 heteroatoms. The lowest BCUT2D eigenvalue weighted by Crippen LogP contribution is -2.50. The first kappa shape index (κ1) is 75.2. The number of rotatable bonds is 34. The summed E-state index contributed by atoms with van der Waals surface area (Å²) >= 11 is 1.37. The maximum absolute atomic E-state index is 13.2. The number of likely N-dealkylation sites (tertiary alicyclic amines) is 1. The number of likely N-dealkylation sites (N-methyl/N-ethyl adjacent to an activating group) is 1. The van der Waals surface area contributed by atoms with Crippen LogP contribution in [0.1, 0.15) is 139 Å². The fraction of sp³-hybridized carbons (Fsp3) is 0.547. The molecule has 21 nitrogen and oxygen atoms in total. The zero-order valence-corrected chi connectivity index (χ0v) is 60.2. The molecular formula is C75H96N4O17S3. The molecule has 10 rings (SSSR count). The van der Waals surface area contributed by atoms with Crippen LogP contribution in [0.3, 0.4) is 0 Å². The molecule has 6 atom stereocenters. The Balaban J connectivity index is 0.536. The number of carbonyl (C=O) groups excluding carboxylic acids is 3. The van der Waals surface area contributed by atoms with Crippen molar-refractivity contribution in [3.8, 4) is 23.3 Å². The number of nitrogens with one attached hydrogen (secondary N) is 1. The van der Waals surface area contributed by atoms with Crippen molar-refractivity contribution in [3.63, 3.8) is 0 Å². The Kier molecular flexibility index (Phi) is 24.8. The molecule has 0 aromatic heterocycles. The van der Waals surface area contributed by atoms with Crippen LogP contribution in [0.2, 0.25) is 0 Å². The van der Waals surface area contributed by atoms with Crippen molar-refractivity contribution >= 4 is 66.8 Å². The van der Waals surface area contributed by atoms with Crippen molar-refractivity contribution < 1.29 is 83.5 Å². The number of phenolic OH excluding ortho intramolecular Hbond substituents is 1. The quantitative estimate of drug-likeness (QED) is 0.0111. The topological polar surface area (TPSA) is 280 Å². The molecule has 2 saturated carbocycles. The van der Waals surface area contributed by atoms with Gasteiger partial charge in [0.15, 0.2) is 5.71 Å². The maximum Gasteiger partial charge on any atom is 0.294 e. The number of aliphatic hydroxyl groups is 1. The van der Waals surface area contributed by atoms with Crippen molar-refractivity contribution in [1.82, 2.24) is 10.2 Å². The van der Waals surface area contributed by atoms with Crippen LogP contribution in [0.15, 0.2) is 113 Å².